The summed E-state index contributed by atoms with van der Waals surface area (Å²) in [5, 5.41) is 2.78. The molecule has 0 saturated carbocycles. The molecule has 10 heteroatoms. The average molecular weight is 484 g/mol. The van der Waals surface area contributed by atoms with Crippen LogP contribution >= 0.6 is 11.6 Å². The second-order valence-corrected chi connectivity index (χ2v) is 9.95. The second-order valence-electron chi connectivity index (χ2n) is 7.80. The minimum Gasteiger partial charge on any atom is -0.372 e. The van der Waals surface area contributed by atoms with Crippen LogP contribution < -0.4 is 14.9 Å². The molecule has 1 amide bonds. The number of hydrogen-bond donors (Lipinski definition) is 2. The van der Waals surface area contributed by atoms with E-state index >= 15 is 0 Å². The molecule has 2 atom stereocenters. The number of rotatable bonds is 8. The summed E-state index contributed by atoms with van der Waals surface area (Å²) in [6.07, 6.45) is -0.0201. The zero-order valence-corrected chi connectivity index (χ0v) is 19.5. The summed E-state index contributed by atoms with van der Waals surface area (Å²) in [6.45, 7) is 5.20. The molecule has 1 aliphatic rings. The number of morpholine rings is 1. The van der Waals surface area contributed by atoms with Gasteiger partial charge in [-0.2, -0.15) is 0 Å². The summed E-state index contributed by atoms with van der Waals surface area (Å²) in [7, 11) is -3.81. The Morgan fingerprint density at radius 1 is 1.19 bits per heavy atom. The first-order valence-electron chi connectivity index (χ1n) is 10.4. The molecule has 3 rings (SSSR count). The summed E-state index contributed by atoms with van der Waals surface area (Å²) in [4.78, 5) is 14.0. The fourth-order valence-corrected chi connectivity index (χ4v) is 5.17. The smallest absolute Gasteiger partial charge is 0.242 e. The molecule has 7 nitrogen and oxygen atoms in total. The van der Waals surface area contributed by atoms with Crippen molar-refractivity contribution < 1.29 is 22.3 Å². The first kappa shape index (κ1) is 24.4. The van der Waals surface area contributed by atoms with Gasteiger partial charge in [-0.25, -0.2) is 17.5 Å². The molecule has 2 aromatic carbocycles. The molecule has 0 aromatic heterocycles. The highest BCUT2D eigenvalue weighted by Gasteiger charge is 2.24. The van der Waals surface area contributed by atoms with Crippen molar-refractivity contribution in [2.24, 2.45) is 0 Å². The van der Waals surface area contributed by atoms with E-state index < -0.39 is 10.0 Å². The highest BCUT2D eigenvalue weighted by Crippen LogP contribution is 2.24. The van der Waals surface area contributed by atoms with E-state index in [0.717, 1.165) is 0 Å². The molecule has 1 saturated heterocycles. The lowest BCUT2D eigenvalue weighted by Crippen LogP contribution is -2.45. The minimum atomic E-state index is -3.81. The van der Waals surface area contributed by atoms with Crippen molar-refractivity contribution >= 4 is 33.2 Å². The summed E-state index contributed by atoms with van der Waals surface area (Å²) in [5.41, 5.74) is 1.13. The van der Waals surface area contributed by atoms with E-state index in [1.165, 1.54) is 18.2 Å². The van der Waals surface area contributed by atoms with Gasteiger partial charge < -0.3 is 15.0 Å². The van der Waals surface area contributed by atoms with E-state index in [0.29, 0.717) is 24.3 Å². The van der Waals surface area contributed by atoms with Gasteiger partial charge in [0.25, 0.3) is 0 Å². The van der Waals surface area contributed by atoms with Crippen LogP contribution in [0.15, 0.2) is 47.4 Å². The van der Waals surface area contributed by atoms with Crippen LogP contribution in [0.1, 0.15) is 25.8 Å². The number of carbonyl (C=O) groups excluding carboxylic acids is 1. The molecule has 0 radical (unpaired) electrons. The third-order valence-corrected chi connectivity index (χ3v) is 6.99. The Kier molecular flexibility index (Phi) is 8.10. The third kappa shape index (κ3) is 6.41. The molecule has 0 spiro atoms. The number of hydrogen-bond acceptors (Lipinski definition) is 5. The van der Waals surface area contributed by atoms with E-state index in [1.807, 2.05) is 18.7 Å². The Morgan fingerprint density at radius 3 is 2.53 bits per heavy atom. The van der Waals surface area contributed by atoms with Gasteiger partial charge in [-0.3, -0.25) is 4.79 Å². The molecular formula is C22H27ClFN3O4S. The Labute approximate surface area is 192 Å². The van der Waals surface area contributed by atoms with Gasteiger partial charge in [-0.15, -0.1) is 0 Å². The lowest BCUT2D eigenvalue weighted by molar-refractivity contribution is -0.121. The minimum absolute atomic E-state index is 0.0208. The maximum Gasteiger partial charge on any atom is 0.242 e. The van der Waals surface area contributed by atoms with E-state index in [2.05, 4.69) is 10.0 Å². The monoisotopic (exact) mass is 483 g/mol. The zero-order chi connectivity index (χ0) is 23.3. The van der Waals surface area contributed by atoms with Gasteiger partial charge in [0.05, 0.1) is 22.9 Å². The molecule has 174 valence electrons. The third-order valence-electron chi connectivity index (χ3n) is 5.03. The van der Waals surface area contributed by atoms with E-state index in [4.69, 9.17) is 16.3 Å². The molecule has 1 aliphatic heterocycles. The molecule has 1 heterocycles. The Bertz CT molecular complexity index is 1060. The Hall–Kier alpha value is -2.20. The van der Waals surface area contributed by atoms with Gasteiger partial charge in [-0.05, 0) is 43.7 Å². The van der Waals surface area contributed by atoms with Gasteiger partial charge in [0.15, 0.2) is 0 Å². The summed E-state index contributed by atoms with van der Waals surface area (Å²) in [6, 6.07) is 10.9. The molecule has 0 bridgehead atoms. The maximum absolute atomic E-state index is 14.7. The average Bonchev–Trinajstić information content (AvgIpc) is 2.71. The fraction of sp³-hybridized carbons (Fsp3) is 0.409. The predicted octanol–water partition coefficient (Wildman–Crippen LogP) is 3.08. The van der Waals surface area contributed by atoms with Crippen molar-refractivity contribution in [1.29, 1.82) is 0 Å². The Morgan fingerprint density at radius 2 is 1.88 bits per heavy atom. The van der Waals surface area contributed by atoms with Gasteiger partial charge in [-0.1, -0.05) is 29.8 Å². The standard InChI is InChI=1S/C22H27ClFN3O4S/c1-15-13-27(14-16(2)31-15)20-8-7-17(11-19(20)24)12-25-22(28)9-10-26-32(29,30)21-6-4-3-5-18(21)23/h3-8,11,15-16,26H,9-10,12-14H2,1-2H3,(H,25,28). The van der Waals surface area contributed by atoms with E-state index in [1.54, 1.807) is 24.3 Å². The van der Waals surface area contributed by atoms with E-state index in [-0.39, 0.29) is 53.4 Å². The highest BCUT2D eigenvalue weighted by molar-refractivity contribution is 7.89. The van der Waals surface area contributed by atoms with Crippen LogP contribution in [0.4, 0.5) is 10.1 Å². The molecule has 2 N–H and O–H groups in total. The second kappa shape index (κ2) is 10.6. The number of amides is 1. The van der Waals surface area contributed by atoms with E-state index in [9.17, 15) is 17.6 Å². The number of nitrogens with one attached hydrogen (secondary N) is 2. The molecule has 1 fully saturated rings. The summed E-state index contributed by atoms with van der Waals surface area (Å²) in [5.74, 6) is -0.710. The number of anilines is 1. The van der Waals surface area contributed by atoms with Crippen molar-refractivity contribution in [2.75, 3.05) is 24.5 Å². The van der Waals surface area contributed by atoms with Gasteiger partial charge in [0, 0.05) is 32.6 Å². The van der Waals surface area contributed by atoms with Crippen molar-refractivity contribution in [2.45, 2.75) is 43.9 Å². The van der Waals surface area contributed by atoms with Gasteiger partial charge in [0.1, 0.15) is 10.7 Å². The van der Waals surface area contributed by atoms with Crippen LogP contribution in [0.25, 0.3) is 0 Å². The van der Waals surface area contributed by atoms with Crippen molar-refractivity contribution in [3.05, 3.63) is 58.9 Å². The van der Waals surface area contributed by atoms with Crippen LogP contribution in [0, 0.1) is 5.82 Å². The highest BCUT2D eigenvalue weighted by atomic mass is 35.5. The maximum atomic E-state index is 14.7. The molecule has 0 aliphatic carbocycles. The largest absolute Gasteiger partial charge is 0.372 e. The number of sulfonamides is 1. The van der Waals surface area contributed by atoms with Gasteiger partial charge in [0.2, 0.25) is 15.9 Å². The SMILES string of the molecule is CC1CN(c2ccc(CNC(=O)CCNS(=O)(=O)c3ccccc3Cl)cc2F)CC(C)O1. The molecule has 2 aromatic rings. The first-order chi connectivity index (χ1) is 15.2. The molecule has 2 unspecified atom stereocenters. The van der Waals surface area contributed by atoms with Crippen LogP contribution in [0.5, 0.6) is 0 Å². The zero-order valence-electron chi connectivity index (χ0n) is 18.0. The van der Waals surface area contributed by atoms with Crippen LogP contribution in [0.2, 0.25) is 5.02 Å². The van der Waals surface area contributed by atoms with Crippen LogP contribution in [0.3, 0.4) is 0 Å². The topological polar surface area (TPSA) is 87.7 Å². The van der Waals surface area contributed by atoms with Crippen molar-refractivity contribution in [3.8, 4) is 0 Å². The molecule has 32 heavy (non-hydrogen) atoms. The Balaban J connectivity index is 1.49. The first-order valence-corrected chi connectivity index (χ1v) is 12.2. The van der Waals surface area contributed by atoms with Crippen LogP contribution in [-0.4, -0.2) is 46.2 Å². The van der Waals surface area contributed by atoms with Crippen molar-refractivity contribution in [1.82, 2.24) is 10.0 Å². The van der Waals surface area contributed by atoms with Gasteiger partial charge >= 0.3 is 0 Å². The summed E-state index contributed by atoms with van der Waals surface area (Å²) >= 11 is 5.92. The van der Waals surface area contributed by atoms with Crippen molar-refractivity contribution in [3.63, 3.8) is 0 Å². The lowest BCUT2D eigenvalue weighted by Gasteiger charge is -2.37. The summed E-state index contributed by atoms with van der Waals surface area (Å²) < 4.78 is 47.3. The lowest BCUT2D eigenvalue weighted by atomic mass is 10.1. The number of halogens is 2. The normalized spacial score (nSPS) is 19.1. The number of carbonyl (C=O) groups is 1. The molecular weight excluding hydrogens is 457 g/mol. The fourth-order valence-electron chi connectivity index (χ4n) is 3.62. The predicted molar refractivity (Wildman–Crippen MR) is 122 cm³/mol. The number of nitrogens with zero attached hydrogens (tertiary/aromatic N) is 1. The quantitative estimate of drug-likeness (QED) is 0.602. The number of ether oxygens (including phenoxy) is 1. The van der Waals surface area contributed by atoms with Crippen LogP contribution in [-0.2, 0) is 26.1 Å². The number of benzene rings is 2.